The molecule has 1 aliphatic rings. The summed E-state index contributed by atoms with van der Waals surface area (Å²) in [4.78, 5) is 0. The number of nitrogens with zero attached hydrogens (tertiary/aromatic N) is 2. The maximum atomic E-state index is 12.6. The Morgan fingerprint density at radius 2 is 1.80 bits per heavy atom. The molecule has 2 rings (SSSR count). The lowest BCUT2D eigenvalue weighted by atomic mass is 10.1. The van der Waals surface area contributed by atoms with Crippen LogP contribution in [-0.2, 0) is 23.3 Å². The Labute approximate surface area is 121 Å². The number of nitrogens with two attached hydrogens (primary N) is 1. The van der Waals surface area contributed by atoms with Crippen LogP contribution in [0, 0.1) is 0 Å². The van der Waals surface area contributed by atoms with Gasteiger partial charge < -0.3 is 5.73 Å². The minimum atomic E-state index is -3.35. The van der Waals surface area contributed by atoms with E-state index in [0.29, 0.717) is 32.7 Å². The van der Waals surface area contributed by atoms with Crippen LogP contribution >= 0.6 is 0 Å². The first-order valence-electron chi connectivity index (χ1n) is 7.11. The largest absolute Gasteiger partial charge is 0.326 e. The smallest absolute Gasteiger partial charge is 0.282 e. The molecule has 1 saturated heterocycles. The summed E-state index contributed by atoms with van der Waals surface area (Å²) < 4.78 is 28.3. The molecule has 0 radical (unpaired) electrons. The molecule has 1 aromatic rings. The maximum absolute atomic E-state index is 12.6. The van der Waals surface area contributed by atoms with Crippen LogP contribution in [0.4, 0.5) is 0 Å². The van der Waals surface area contributed by atoms with Gasteiger partial charge in [0.2, 0.25) is 0 Å². The molecule has 0 aliphatic carbocycles. The molecule has 0 bridgehead atoms. The minimum absolute atomic E-state index is 0.392. The Morgan fingerprint density at radius 1 is 1.20 bits per heavy atom. The third-order valence-corrected chi connectivity index (χ3v) is 5.81. The Bertz CT molecular complexity index is 539. The Hall–Kier alpha value is -0.950. The van der Waals surface area contributed by atoms with Crippen LogP contribution in [0.3, 0.4) is 0 Å². The van der Waals surface area contributed by atoms with Gasteiger partial charge in [-0.15, -0.1) is 0 Å². The normalized spacial score (nSPS) is 16.9. The van der Waals surface area contributed by atoms with Gasteiger partial charge in [-0.25, -0.2) is 0 Å². The van der Waals surface area contributed by atoms with Crippen molar-refractivity contribution in [3.8, 4) is 0 Å². The fourth-order valence-corrected chi connectivity index (χ4v) is 4.21. The zero-order valence-corrected chi connectivity index (χ0v) is 12.8. The van der Waals surface area contributed by atoms with Crippen molar-refractivity contribution in [2.45, 2.75) is 32.9 Å². The number of hydrogen-bond donors (Lipinski definition) is 1. The van der Waals surface area contributed by atoms with E-state index in [0.717, 1.165) is 24.0 Å². The van der Waals surface area contributed by atoms with Crippen LogP contribution in [0.1, 0.15) is 30.9 Å². The molecule has 0 atom stereocenters. The van der Waals surface area contributed by atoms with Gasteiger partial charge in [-0.1, -0.05) is 31.2 Å². The highest BCUT2D eigenvalue weighted by atomic mass is 32.2. The van der Waals surface area contributed by atoms with E-state index >= 15 is 0 Å². The van der Waals surface area contributed by atoms with Gasteiger partial charge >= 0.3 is 0 Å². The van der Waals surface area contributed by atoms with E-state index < -0.39 is 10.2 Å². The Balaban J connectivity index is 2.20. The highest BCUT2D eigenvalue weighted by molar-refractivity contribution is 7.86. The first-order valence-corrected chi connectivity index (χ1v) is 8.51. The summed E-state index contributed by atoms with van der Waals surface area (Å²) in [5.41, 5.74) is 7.71. The van der Waals surface area contributed by atoms with E-state index in [9.17, 15) is 8.42 Å². The maximum Gasteiger partial charge on any atom is 0.282 e. The molecule has 1 fully saturated rings. The van der Waals surface area contributed by atoms with Gasteiger partial charge in [-0.2, -0.15) is 17.0 Å². The van der Waals surface area contributed by atoms with Gasteiger partial charge in [0.25, 0.3) is 10.2 Å². The molecule has 0 amide bonds. The summed E-state index contributed by atoms with van der Waals surface area (Å²) in [6.07, 6.45) is 1.91. The quantitative estimate of drug-likeness (QED) is 0.861. The van der Waals surface area contributed by atoms with Crippen LogP contribution in [0.5, 0.6) is 0 Å². The molecule has 1 aliphatic heterocycles. The van der Waals surface area contributed by atoms with E-state index in [1.165, 1.54) is 4.31 Å². The fourth-order valence-electron chi connectivity index (χ4n) is 2.54. The molecule has 0 spiro atoms. The van der Waals surface area contributed by atoms with E-state index in [1.54, 1.807) is 4.31 Å². The number of benzene rings is 1. The van der Waals surface area contributed by atoms with Crippen molar-refractivity contribution < 1.29 is 8.42 Å². The van der Waals surface area contributed by atoms with Gasteiger partial charge in [0.15, 0.2) is 0 Å². The van der Waals surface area contributed by atoms with Crippen molar-refractivity contribution in [1.29, 1.82) is 0 Å². The van der Waals surface area contributed by atoms with Gasteiger partial charge in [0.1, 0.15) is 0 Å². The second-order valence-corrected chi connectivity index (χ2v) is 6.94. The van der Waals surface area contributed by atoms with Gasteiger partial charge in [0, 0.05) is 32.7 Å². The predicted molar refractivity (Wildman–Crippen MR) is 80.1 cm³/mol. The van der Waals surface area contributed by atoms with Gasteiger partial charge in [-0.3, -0.25) is 0 Å². The number of hydrogen-bond acceptors (Lipinski definition) is 3. The molecule has 0 aromatic heterocycles. The SMILES string of the molecule is CCN(Cc1ccccc1CN)S(=O)(=O)N1CCCC1. The molecule has 2 N–H and O–H groups in total. The number of rotatable bonds is 6. The third-order valence-electron chi connectivity index (χ3n) is 3.76. The van der Waals surface area contributed by atoms with Crippen molar-refractivity contribution in [2.24, 2.45) is 5.73 Å². The average Bonchev–Trinajstić information content (AvgIpc) is 2.99. The monoisotopic (exact) mass is 297 g/mol. The zero-order valence-electron chi connectivity index (χ0n) is 12.0. The lowest BCUT2D eigenvalue weighted by molar-refractivity contribution is 0.365. The molecule has 0 saturated carbocycles. The van der Waals surface area contributed by atoms with E-state index in [2.05, 4.69) is 0 Å². The van der Waals surface area contributed by atoms with Gasteiger partial charge in [-0.05, 0) is 24.0 Å². The molecule has 5 nitrogen and oxygen atoms in total. The van der Waals surface area contributed by atoms with E-state index in [-0.39, 0.29) is 0 Å². The molecule has 1 heterocycles. The lowest BCUT2D eigenvalue weighted by Gasteiger charge is -2.26. The third kappa shape index (κ3) is 3.20. The summed E-state index contributed by atoms with van der Waals surface area (Å²) in [5.74, 6) is 0. The van der Waals surface area contributed by atoms with Crippen molar-refractivity contribution >= 4 is 10.2 Å². The molecule has 6 heteroatoms. The van der Waals surface area contributed by atoms with E-state index in [4.69, 9.17) is 5.73 Å². The molecule has 0 unspecified atom stereocenters. The second-order valence-electron chi connectivity index (χ2n) is 5.01. The summed E-state index contributed by atoms with van der Waals surface area (Å²) in [7, 11) is -3.35. The Morgan fingerprint density at radius 3 is 2.35 bits per heavy atom. The average molecular weight is 297 g/mol. The first-order chi connectivity index (χ1) is 9.59. The topological polar surface area (TPSA) is 66.6 Å². The minimum Gasteiger partial charge on any atom is -0.326 e. The lowest BCUT2D eigenvalue weighted by Crippen LogP contribution is -2.42. The van der Waals surface area contributed by atoms with Crippen molar-refractivity contribution in [3.05, 3.63) is 35.4 Å². The predicted octanol–water partition coefficient (Wildman–Crippen LogP) is 1.31. The summed E-state index contributed by atoms with van der Waals surface area (Å²) in [6, 6.07) is 7.75. The summed E-state index contributed by atoms with van der Waals surface area (Å²) in [5, 5.41) is 0. The zero-order chi connectivity index (χ0) is 14.6. The fraction of sp³-hybridized carbons (Fsp3) is 0.571. The molecular weight excluding hydrogens is 274 g/mol. The second kappa shape index (κ2) is 6.67. The van der Waals surface area contributed by atoms with Crippen molar-refractivity contribution in [1.82, 2.24) is 8.61 Å². The highest BCUT2D eigenvalue weighted by Crippen LogP contribution is 2.19. The Kier molecular flexibility index (Phi) is 5.15. The van der Waals surface area contributed by atoms with Gasteiger partial charge in [0.05, 0.1) is 0 Å². The van der Waals surface area contributed by atoms with Crippen LogP contribution in [0.15, 0.2) is 24.3 Å². The molecule has 20 heavy (non-hydrogen) atoms. The molecular formula is C14H23N3O2S. The highest BCUT2D eigenvalue weighted by Gasteiger charge is 2.30. The van der Waals surface area contributed by atoms with E-state index in [1.807, 2.05) is 31.2 Å². The molecule has 1 aromatic carbocycles. The summed E-state index contributed by atoms with van der Waals surface area (Å²) >= 11 is 0. The van der Waals surface area contributed by atoms with Crippen molar-refractivity contribution in [2.75, 3.05) is 19.6 Å². The summed E-state index contributed by atoms with van der Waals surface area (Å²) in [6.45, 7) is 4.44. The van der Waals surface area contributed by atoms with Crippen LogP contribution in [0.25, 0.3) is 0 Å². The van der Waals surface area contributed by atoms with Crippen LogP contribution in [0.2, 0.25) is 0 Å². The van der Waals surface area contributed by atoms with Crippen LogP contribution in [-0.4, -0.2) is 36.7 Å². The van der Waals surface area contributed by atoms with Crippen LogP contribution < -0.4 is 5.73 Å². The standard InChI is InChI=1S/C14H23N3O2S/c1-2-16(20(18,19)17-9-5-6-10-17)12-14-8-4-3-7-13(14)11-15/h3-4,7-8H,2,5-6,9-12,15H2,1H3. The molecule has 112 valence electrons. The first kappa shape index (κ1) is 15.4. The van der Waals surface area contributed by atoms with Crippen molar-refractivity contribution in [3.63, 3.8) is 0 Å².